The van der Waals surface area contributed by atoms with Crippen LogP contribution in [0, 0.1) is 17.7 Å². The van der Waals surface area contributed by atoms with Gasteiger partial charge in [-0.15, -0.1) is 0 Å². The molecule has 0 N–H and O–H groups in total. The first-order valence-electron chi connectivity index (χ1n) is 12.6. The normalized spacial score (nSPS) is 27.2. The molecule has 2 aliphatic carbocycles. The molecule has 0 radical (unpaired) electrons. The Labute approximate surface area is 183 Å². The maximum atomic E-state index is 15.0. The monoisotopic (exact) mass is 406 g/mol. The fourth-order valence-corrected chi connectivity index (χ4v) is 6.05. The molecular weight excluding hydrogens is 367 g/mol. The maximum absolute atomic E-state index is 15.0. The number of benzene rings is 2. The standard InChI is InChI=1S/C29H39F/c1-3-5-22-8-12-25(13-9-22)27-18-19-28(29(30)20-27)26-16-14-24(15-17-26)23-10-6-21(4-2)7-11-23/h14-23,25H,3-13H2,1-2H3. The van der Waals surface area contributed by atoms with E-state index in [-0.39, 0.29) is 5.82 Å². The first-order valence-corrected chi connectivity index (χ1v) is 12.6. The summed E-state index contributed by atoms with van der Waals surface area (Å²) < 4.78 is 15.0. The average molecular weight is 407 g/mol. The van der Waals surface area contributed by atoms with Crippen LogP contribution in [-0.2, 0) is 0 Å². The molecule has 2 saturated carbocycles. The first-order chi connectivity index (χ1) is 14.7. The van der Waals surface area contributed by atoms with E-state index in [2.05, 4.69) is 44.2 Å². The third kappa shape index (κ3) is 4.98. The number of hydrogen-bond donors (Lipinski definition) is 0. The molecule has 2 aromatic rings. The lowest BCUT2D eigenvalue weighted by Crippen LogP contribution is -2.13. The van der Waals surface area contributed by atoms with Gasteiger partial charge in [0.2, 0.25) is 0 Å². The Hall–Kier alpha value is -1.63. The van der Waals surface area contributed by atoms with Crippen molar-refractivity contribution < 1.29 is 4.39 Å². The van der Waals surface area contributed by atoms with E-state index < -0.39 is 0 Å². The highest BCUT2D eigenvalue weighted by molar-refractivity contribution is 5.65. The van der Waals surface area contributed by atoms with E-state index in [9.17, 15) is 0 Å². The molecule has 0 atom stereocenters. The van der Waals surface area contributed by atoms with Crippen LogP contribution in [0.5, 0.6) is 0 Å². The predicted molar refractivity (Wildman–Crippen MR) is 126 cm³/mol. The highest BCUT2D eigenvalue weighted by atomic mass is 19.1. The summed E-state index contributed by atoms with van der Waals surface area (Å²) in [6, 6.07) is 14.8. The van der Waals surface area contributed by atoms with Crippen molar-refractivity contribution in [1.82, 2.24) is 0 Å². The molecule has 0 unspecified atom stereocenters. The zero-order valence-electron chi connectivity index (χ0n) is 19.0. The average Bonchev–Trinajstić information content (AvgIpc) is 2.80. The van der Waals surface area contributed by atoms with Crippen molar-refractivity contribution in [3.05, 3.63) is 59.4 Å². The highest BCUT2D eigenvalue weighted by Gasteiger charge is 2.23. The van der Waals surface area contributed by atoms with E-state index in [1.54, 1.807) is 0 Å². The molecule has 162 valence electrons. The minimum Gasteiger partial charge on any atom is -0.206 e. The highest BCUT2D eigenvalue weighted by Crippen LogP contribution is 2.40. The van der Waals surface area contributed by atoms with E-state index in [0.717, 1.165) is 23.0 Å². The third-order valence-corrected chi connectivity index (χ3v) is 8.13. The fourth-order valence-electron chi connectivity index (χ4n) is 6.05. The van der Waals surface area contributed by atoms with Crippen molar-refractivity contribution in [2.24, 2.45) is 11.8 Å². The minimum absolute atomic E-state index is 0.0561. The summed E-state index contributed by atoms with van der Waals surface area (Å²) >= 11 is 0. The summed E-state index contributed by atoms with van der Waals surface area (Å²) in [5.74, 6) is 3.00. The second-order valence-electron chi connectivity index (χ2n) is 9.99. The first kappa shape index (κ1) is 21.6. The van der Waals surface area contributed by atoms with Crippen LogP contribution < -0.4 is 0 Å². The van der Waals surface area contributed by atoms with Gasteiger partial charge in [-0.2, -0.15) is 0 Å². The van der Waals surface area contributed by atoms with Crippen LogP contribution in [0.4, 0.5) is 4.39 Å². The van der Waals surface area contributed by atoms with Gasteiger partial charge in [0.1, 0.15) is 5.82 Å². The molecule has 2 aromatic carbocycles. The van der Waals surface area contributed by atoms with Gasteiger partial charge in [0, 0.05) is 5.56 Å². The van der Waals surface area contributed by atoms with E-state index in [4.69, 9.17) is 0 Å². The molecule has 0 heterocycles. The van der Waals surface area contributed by atoms with Gasteiger partial charge in [0.05, 0.1) is 0 Å². The third-order valence-electron chi connectivity index (χ3n) is 8.13. The van der Waals surface area contributed by atoms with E-state index in [1.807, 2.05) is 12.1 Å². The van der Waals surface area contributed by atoms with Gasteiger partial charge in [-0.3, -0.25) is 0 Å². The lowest BCUT2D eigenvalue weighted by molar-refractivity contribution is 0.308. The summed E-state index contributed by atoms with van der Waals surface area (Å²) in [6.07, 6.45) is 14.4. The van der Waals surface area contributed by atoms with Crippen LogP contribution >= 0.6 is 0 Å². The molecule has 0 aliphatic heterocycles. The van der Waals surface area contributed by atoms with Crippen molar-refractivity contribution in [3.8, 4) is 11.1 Å². The lowest BCUT2D eigenvalue weighted by atomic mass is 9.77. The zero-order chi connectivity index (χ0) is 20.9. The van der Waals surface area contributed by atoms with E-state index >= 15 is 4.39 Å². The Bertz CT molecular complexity index is 790. The Morgan fingerprint density at radius 2 is 1.27 bits per heavy atom. The molecule has 30 heavy (non-hydrogen) atoms. The molecule has 0 aromatic heterocycles. The Morgan fingerprint density at radius 3 is 1.83 bits per heavy atom. The predicted octanol–water partition coefficient (Wildman–Crippen LogP) is 9.25. The van der Waals surface area contributed by atoms with Gasteiger partial charge in [-0.05, 0) is 97.8 Å². The molecule has 0 bridgehead atoms. The summed E-state index contributed by atoms with van der Waals surface area (Å²) in [4.78, 5) is 0. The topological polar surface area (TPSA) is 0 Å². The summed E-state index contributed by atoms with van der Waals surface area (Å²) in [7, 11) is 0. The van der Waals surface area contributed by atoms with Crippen molar-refractivity contribution in [1.29, 1.82) is 0 Å². The van der Waals surface area contributed by atoms with Crippen molar-refractivity contribution >= 4 is 0 Å². The van der Waals surface area contributed by atoms with Gasteiger partial charge in [0.25, 0.3) is 0 Å². The summed E-state index contributed by atoms with van der Waals surface area (Å²) in [6.45, 7) is 4.60. The van der Waals surface area contributed by atoms with Crippen LogP contribution in [0.3, 0.4) is 0 Å². The molecule has 0 saturated heterocycles. The maximum Gasteiger partial charge on any atom is 0.131 e. The van der Waals surface area contributed by atoms with Gasteiger partial charge < -0.3 is 0 Å². The summed E-state index contributed by atoms with van der Waals surface area (Å²) in [5.41, 5.74) is 4.40. The van der Waals surface area contributed by atoms with Gasteiger partial charge >= 0.3 is 0 Å². The van der Waals surface area contributed by atoms with Gasteiger partial charge in [-0.1, -0.05) is 69.5 Å². The largest absolute Gasteiger partial charge is 0.206 e. The Kier molecular flexibility index (Phi) is 7.28. The zero-order valence-corrected chi connectivity index (χ0v) is 19.0. The minimum atomic E-state index is -0.0561. The molecule has 2 aliphatic rings. The molecule has 1 heteroatoms. The fraction of sp³-hybridized carbons (Fsp3) is 0.586. The molecule has 0 spiro atoms. The van der Waals surface area contributed by atoms with Crippen LogP contribution in [0.15, 0.2) is 42.5 Å². The van der Waals surface area contributed by atoms with Crippen LogP contribution in [-0.4, -0.2) is 0 Å². The SMILES string of the molecule is CCCC1CCC(c2ccc(-c3ccc(C4CCC(CC)CC4)cc3)c(F)c2)CC1. The van der Waals surface area contributed by atoms with Crippen LogP contribution in [0.25, 0.3) is 11.1 Å². The number of hydrogen-bond acceptors (Lipinski definition) is 0. The second kappa shape index (κ2) is 10.1. The molecular formula is C29H39F. The second-order valence-corrected chi connectivity index (χ2v) is 9.99. The Morgan fingerprint density at radius 1 is 0.700 bits per heavy atom. The number of halogens is 1. The molecule has 2 fully saturated rings. The van der Waals surface area contributed by atoms with Crippen LogP contribution in [0.1, 0.15) is 107 Å². The smallest absolute Gasteiger partial charge is 0.131 e. The van der Waals surface area contributed by atoms with Gasteiger partial charge in [-0.25, -0.2) is 4.39 Å². The van der Waals surface area contributed by atoms with Crippen molar-refractivity contribution in [3.63, 3.8) is 0 Å². The van der Waals surface area contributed by atoms with E-state index in [1.165, 1.54) is 81.8 Å². The molecule has 0 amide bonds. The Balaban J connectivity index is 1.41. The van der Waals surface area contributed by atoms with Crippen LogP contribution in [0.2, 0.25) is 0 Å². The van der Waals surface area contributed by atoms with E-state index in [0.29, 0.717) is 11.8 Å². The molecule has 4 rings (SSSR count). The lowest BCUT2D eigenvalue weighted by Gasteiger charge is -2.29. The molecule has 0 nitrogen and oxygen atoms in total. The van der Waals surface area contributed by atoms with Gasteiger partial charge in [0.15, 0.2) is 0 Å². The summed E-state index contributed by atoms with van der Waals surface area (Å²) in [5, 5.41) is 0. The van der Waals surface area contributed by atoms with Crippen molar-refractivity contribution in [2.45, 2.75) is 96.3 Å². The van der Waals surface area contributed by atoms with Crippen molar-refractivity contribution in [2.75, 3.05) is 0 Å². The quantitative estimate of drug-likeness (QED) is 0.448. The number of rotatable bonds is 6.